The van der Waals surface area contributed by atoms with E-state index < -0.39 is 0 Å². The van der Waals surface area contributed by atoms with E-state index in [0.29, 0.717) is 6.04 Å². The molecule has 0 amide bonds. The van der Waals surface area contributed by atoms with Crippen LogP contribution in [0.4, 0.5) is 0 Å². The Morgan fingerprint density at radius 2 is 1.65 bits per heavy atom. The number of hydrogen-bond donors (Lipinski definition) is 1. The zero-order valence-corrected chi connectivity index (χ0v) is 13.4. The Bertz CT molecular complexity index is 402. The van der Waals surface area contributed by atoms with Gasteiger partial charge in [-0.05, 0) is 39.9 Å². The van der Waals surface area contributed by atoms with Crippen molar-refractivity contribution in [3.63, 3.8) is 0 Å². The molecule has 0 aliphatic carbocycles. The minimum atomic E-state index is 0.466. The molecule has 3 nitrogen and oxygen atoms in total. The Balaban J connectivity index is 1.91. The fraction of sp³-hybridized carbons (Fsp3) is 0.647. The van der Waals surface area contributed by atoms with Crippen LogP contribution in [0.2, 0.25) is 0 Å². The van der Waals surface area contributed by atoms with Gasteiger partial charge in [-0.1, -0.05) is 29.3 Å². The summed E-state index contributed by atoms with van der Waals surface area (Å²) in [5.74, 6) is 0. The quantitative estimate of drug-likeness (QED) is 0.889. The zero-order valence-electron chi connectivity index (χ0n) is 13.4. The van der Waals surface area contributed by atoms with Crippen LogP contribution in [0.15, 0.2) is 18.2 Å². The monoisotopic (exact) mass is 275 g/mol. The summed E-state index contributed by atoms with van der Waals surface area (Å²) in [6.07, 6.45) is 1.18. The van der Waals surface area contributed by atoms with Crippen LogP contribution in [0, 0.1) is 13.8 Å². The molecule has 1 atom stereocenters. The zero-order chi connectivity index (χ0) is 14.5. The van der Waals surface area contributed by atoms with E-state index in [1.807, 2.05) is 0 Å². The number of piperazine rings is 1. The number of nitrogens with zero attached hydrogens (tertiary/aromatic N) is 2. The lowest BCUT2D eigenvalue weighted by molar-refractivity contribution is 0.149. The van der Waals surface area contributed by atoms with Gasteiger partial charge in [0.15, 0.2) is 0 Å². The van der Waals surface area contributed by atoms with E-state index >= 15 is 0 Å². The molecule has 1 aliphatic rings. The first kappa shape index (κ1) is 15.5. The smallest absolute Gasteiger partial charge is 0.0329 e. The number of likely N-dealkylation sites (N-methyl/N-ethyl adjacent to an activating group) is 1. The molecule has 1 aromatic carbocycles. The van der Waals surface area contributed by atoms with Gasteiger partial charge < -0.3 is 15.1 Å². The maximum Gasteiger partial charge on any atom is 0.0329 e. The maximum absolute atomic E-state index is 3.48. The summed E-state index contributed by atoms with van der Waals surface area (Å²) >= 11 is 0. The third kappa shape index (κ3) is 4.30. The molecule has 1 fully saturated rings. The number of nitrogens with one attached hydrogen (secondary N) is 1. The average Bonchev–Trinajstić information content (AvgIpc) is 2.40. The maximum atomic E-state index is 3.48. The first-order valence-electron chi connectivity index (χ1n) is 7.75. The normalized spacial score (nSPS) is 19.2. The Kier molecular flexibility index (Phi) is 5.58. The van der Waals surface area contributed by atoms with Crippen molar-refractivity contribution in [1.82, 2.24) is 15.1 Å². The molecule has 1 heterocycles. The van der Waals surface area contributed by atoms with Crippen LogP contribution in [0.3, 0.4) is 0 Å². The van der Waals surface area contributed by atoms with Gasteiger partial charge in [0.25, 0.3) is 0 Å². The molecule has 20 heavy (non-hydrogen) atoms. The van der Waals surface area contributed by atoms with Crippen molar-refractivity contribution < 1.29 is 0 Å². The summed E-state index contributed by atoms with van der Waals surface area (Å²) in [4.78, 5) is 5.00. The van der Waals surface area contributed by atoms with Crippen molar-refractivity contribution in [3.8, 4) is 0 Å². The minimum Gasteiger partial charge on any atom is -0.313 e. The summed E-state index contributed by atoms with van der Waals surface area (Å²) in [5, 5.41) is 3.48. The van der Waals surface area contributed by atoms with Crippen LogP contribution < -0.4 is 5.32 Å². The van der Waals surface area contributed by atoms with E-state index in [9.17, 15) is 0 Å². The lowest BCUT2D eigenvalue weighted by atomic mass is 9.99. The molecule has 1 saturated heterocycles. The molecule has 0 bridgehead atoms. The summed E-state index contributed by atoms with van der Waals surface area (Å²) < 4.78 is 0. The SMILES string of the molecule is CNC(CCN1CCN(C)CC1)c1cc(C)cc(C)c1. The van der Waals surface area contributed by atoms with Crippen molar-refractivity contribution >= 4 is 0 Å². The second-order valence-corrected chi connectivity index (χ2v) is 6.20. The Hall–Kier alpha value is -0.900. The second kappa shape index (κ2) is 7.21. The fourth-order valence-corrected chi connectivity index (χ4v) is 3.07. The highest BCUT2D eigenvalue weighted by Crippen LogP contribution is 2.20. The third-order valence-corrected chi connectivity index (χ3v) is 4.32. The molecule has 1 unspecified atom stereocenters. The number of aryl methyl sites for hydroxylation is 2. The molecule has 0 aromatic heterocycles. The van der Waals surface area contributed by atoms with Crippen LogP contribution in [0.1, 0.15) is 29.2 Å². The van der Waals surface area contributed by atoms with Crippen molar-refractivity contribution in [2.45, 2.75) is 26.3 Å². The average molecular weight is 275 g/mol. The predicted molar refractivity (Wildman–Crippen MR) is 86.3 cm³/mol. The largest absolute Gasteiger partial charge is 0.313 e. The summed E-state index contributed by atoms with van der Waals surface area (Å²) in [6, 6.07) is 7.35. The molecule has 1 aliphatic heterocycles. The van der Waals surface area contributed by atoms with E-state index in [2.05, 4.69) is 61.3 Å². The van der Waals surface area contributed by atoms with Crippen LogP contribution in [0.25, 0.3) is 0 Å². The third-order valence-electron chi connectivity index (χ3n) is 4.32. The van der Waals surface area contributed by atoms with Crippen molar-refractivity contribution in [2.24, 2.45) is 0 Å². The van der Waals surface area contributed by atoms with Gasteiger partial charge in [0.1, 0.15) is 0 Å². The molecule has 3 heteroatoms. The van der Waals surface area contributed by atoms with Gasteiger partial charge in [0.2, 0.25) is 0 Å². The first-order chi connectivity index (χ1) is 9.58. The molecule has 1 N–H and O–H groups in total. The number of rotatable bonds is 5. The Morgan fingerprint density at radius 1 is 1.05 bits per heavy atom. The van der Waals surface area contributed by atoms with Crippen molar-refractivity contribution in [2.75, 3.05) is 46.8 Å². The molecule has 112 valence electrons. The van der Waals surface area contributed by atoms with E-state index in [1.54, 1.807) is 0 Å². The summed E-state index contributed by atoms with van der Waals surface area (Å²) in [6.45, 7) is 10.4. The highest BCUT2D eigenvalue weighted by molar-refractivity contribution is 5.30. The molecular weight excluding hydrogens is 246 g/mol. The highest BCUT2D eigenvalue weighted by Gasteiger charge is 2.16. The van der Waals surface area contributed by atoms with E-state index in [-0.39, 0.29) is 0 Å². The number of benzene rings is 1. The number of hydrogen-bond acceptors (Lipinski definition) is 3. The first-order valence-corrected chi connectivity index (χ1v) is 7.75. The summed E-state index contributed by atoms with van der Waals surface area (Å²) in [7, 11) is 4.29. The lowest BCUT2D eigenvalue weighted by Crippen LogP contribution is -2.45. The Labute approximate surface area is 124 Å². The van der Waals surface area contributed by atoms with Gasteiger partial charge in [-0.25, -0.2) is 0 Å². The van der Waals surface area contributed by atoms with Gasteiger partial charge in [-0.2, -0.15) is 0 Å². The second-order valence-electron chi connectivity index (χ2n) is 6.20. The van der Waals surface area contributed by atoms with Crippen LogP contribution in [-0.2, 0) is 0 Å². The van der Waals surface area contributed by atoms with E-state index in [1.165, 1.54) is 55.8 Å². The van der Waals surface area contributed by atoms with Crippen LogP contribution in [-0.4, -0.2) is 56.6 Å². The van der Waals surface area contributed by atoms with Gasteiger partial charge in [-0.3, -0.25) is 0 Å². The van der Waals surface area contributed by atoms with Crippen LogP contribution >= 0.6 is 0 Å². The predicted octanol–water partition coefficient (Wildman–Crippen LogP) is 2.20. The minimum absolute atomic E-state index is 0.466. The lowest BCUT2D eigenvalue weighted by Gasteiger charge is -2.33. The highest BCUT2D eigenvalue weighted by atomic mass is 15.2. The van der Waals surface area contributed by atoms with Crippen molar-refractivity contribution in [1.29, 1.82) is 0 Å². The van der Waals surface area contributed by atoms with Gasteiger partial charge in [-0.15, -0.1) is 0 Å². The van der Waals surface area contributed by atoms with Crippen molar-refractivity contribution in [3.05, 3.63) is 34.9 Å². The standard InChI is InChI=1S/C17H29N3/c1-14-11-15(2)13-16(12-14)17(18-3)5-6-20-9-7-19(4)8-10-20/h11-13,17-18H,5-10H2,1-4H3. The molecule has 0 spiro atoms. The Morgan fingerprint density at radius 3 is 2.20 bits per heavy atom. The van der Waals surface area contributed by atoms with Gasteiger partial charge in [0, 0.05) is 38.8 Å². The van der Waals surface area contributed by atoms with Gasteiger partial charge >= 0.3 is 0 Å². The molecule has 0 radical (unpaired) electrons. The van der Waals surface area contributed by atoms with Gasteiger partial charge in [0.05, 0.1) is 0 Å². The van der Waals surface area contributed by atoms with Crippen LogP contribution in [0.5, 0.6) is 0 Å². The fourth-order valence-electron chi connectivity index (χ4n) is 3.07. The van der Waals surface area contributed by atoms with E-state index in [4.69, 9.17) is 0 Å². The molecular formula is C17H29N3. The summed E-state index contributed by atoms with van der Waals surface area (Å²) in [5.41, 5.74) is 4.15. The topological polar surface area (TPSA) is 18.5 Å². The molecule has 2 rings (SSSR count). The molecule has 1 aromatic rings. The molecule has 0 saturated carbocycles. The van der Waals surface area contributed by atoms with E-state index in [0.717, 1.165) is 0 Å².